The molecule has 23 heavy (non-hydrogen) atoms. The average molecular weight is 309 g/mol. The number of nitrogens with one attached hydrogen (secondary N) is 2. The second-order valence-corrected chi connectivity index (χ2v) is 5.76. The molecule has 2 N–H and O–H groups in total. The summed E-state index contributed by atoms with van der Waals surface area (Å²) < 4.78 is 13.4. The molecule has 1 fully saturated rings. The minimum Gasteiger partial charge on any atom is -0.363 e. The fourth-order valence-electron chi connectivity index (χ4n) is 3.11. The maximum atomic E-state index is 13.4. The number of carbonyl (C=O) groups is 1. The van der Waals surface area contributed by atoms with Gasteiger partial charge in [0.2, 0.25) is 0 Å². The standard InChI is InChI=1S/C18H16FN3O/c19-14-8-4-7-13(9-14)16-10-17-20-15(11-18(23)22(17)21-16)12-5-2-1-3-6-12/h1-9,11,16-17,20-21H,10H2. The molecule has 0 aliphatic carbocycles. The van der Waals surface area contributed by atoms with Gasteiger partial charge in [-0.25, -0.2) is 9.82 Å². The molecule has 4 rings (SSSR count). The Labute approximate surface area is 133 Å². The van der Waals surface area contributed by atoms with E-state index in [4.69, 9.17) is 0 Å². The van der Waals surface area contributed by atoms with Crippen molar-refractivity contribution in [1.82, 2.24) is 15.8 Å². The van der Waals surface area contributed by atoms with Gasteiger partial charge in [-0.1, -0.05) is 42.5 Å². The smallest absolute Gasteiger partial charge is 0.264 e. The van der Waals surface area contributed by atoms with Crippen molar-refractivity contribution in [3.63, 3.8) is 0 Å². The molecule has 2 heterocycles. The van der Waals surface area contributed by atoms with Crippen LogP contribution in [0.15, 0.2) is 60.7 Å². The van der Waals surface area contributed by atoms with Crippen LogP contribution < -0.4 is 10.7 Å². The van der Waals surface area contributed by atoms with Crippen LogP contribution in [0.2, 0.25) is 0 Å². The molecule has 2 aliphatic heterocycles. The second kappa shape index (κ2) is 5.52. The molecular weight excluding hydrogens is 293 g/mol. The predicted molar refractivity (Wildman–Crippen MR) is 85.1 cm³/mol. The quantitative estimate of drug-likeness (QED) is 0.896. The lowest BCUT2D eigenvalue weighted by Crippen LogP contribution is -2.51. The molecule has 116 valence electrons. The number of halogens is 1. The number of hydrazine groups is 1. The lowest BCUT2D eigenvalue weighted by molar-refractivity contribution is -0.130. The van der Waals surface area contributed by atoms with E-state index >= 15 is 0 Å². The Morgan fingerprint density at radius 2 is 1.91 bits per heavy atom. The fourth-order valence-corrected chi connectivity index (χ4v) is 3.11. The molecule has 2 aliphatic rings. The maximum Gasteiger partial charge on any atom is 0.264 e. The van der Waals surface area contributed by atoms with E-state index in [1.165, 1.54) is 12.1 Å². The summed E-state index contributed by atoms with van der Waals surface area (Å²) in [6, 6.07) is 16.2. The molecule has 0 saturated carbocycles. The molecule has 2 aromatic carbocycles. The van der Waals surface area contributed by atoms with Gasteiger partial charge in [0, 0.05) is 18.2 Å². The first kappa shape index (κ1) is 14.0. The predicted octanol–water partition coefficient (Wildman–Crippen LogP) is 2.57. The first-order valence-corrected chi connectivity index (χ1v) is 7.59. The fraction of sp³-hybridized carbons (Fsp3) is 0.167. The summed E-state index contributed by atoms with van der Waals surface area (Å²) in [5.41, 5.74) is 5.81. The summed E-state index contributed by atoms with van der Waals surface area (Å²) in [7, 11) is 0. The topological polar surface area (TPSA) is 44.4 Å². The largest absolute Gasteiger partial charge is 0.363 e. The van der Waals surface area contributed by atoms with E-state index < -0.39 is 0 Å². The number of benzene rings is 2. The van der Waals surface area contributed by atoms with E-state index in [-0.39, 0.29) is 23.9 Å². The highest BCUT2D eigenvalue weighted by molar-refractivity contribution is 5.96. The van der Waals surface area contributed by atoms with E-state index in [9.17, 15) is 9.18 Å². The van der Waals surface area contributed by atoms with Crippen LogP contribution in [0.3, 0.4) is 0 Å². The van der Waals surface area contributed by atoms with Crippen molar-refractivity contribution in [2.45, 2.75) is 18.6 Å². The Kier molecular flexibility index (Phi) is 3.35. The molecule has 0 aromatic heterocycles. The molecule has 0 bridgehead atoms. The summed E-state index contributed by atoms with van der Waals surface area (Å²) in [6.45, 7) is 0. The van der Waals surface area contributed by atoms with Crippen LogP contribution in [0.1, 0.15) is 23.6 Å². The highest BCUT2D eigenvalue weighted by Crippen LogP contribution is 2.30. The molecule has 1 saturated heterocycles. The minimum atomic E-state index is -0.267. The van der Waals surface area contributed by atoms with Crippen molar-refractivity contribution in [1.29, 1.82) is 0 Å². The van der Waals surface area contributed by atoms with Gasteiger partial charge in [0.15, 0.2) is 0 Å². The van der Waals surface area contributed by atoms with Crippen LogP contribution in [0.4, 0.5) is 4.39 Å². The molecular formula is C18H16FN3O. The molecule has 2 aromatic rings. The average Bonchev–Trinajstić information content (AvgIpc) is 3.00. The first-order valence-electron chi connectivity index (χ1n) is 7.59. The number of fused-ring (bicyclic) bond motifs is 1. The Bertz CT molecular complexity index is 775. The van der Waals surface area contributed by atoms with Gasteiger partial charge in [-0.05, 0) is 23.3 Å². The van der Waals surface area contributed by atoms with Crippen LogP contribution >= 0.6 is 0 Å². The van der Waals surface area contributed by atoms with Crippen LogP contribution in [0, 0.1) is 5.82 Å². The summed E-state index contributed by atoms with van der Waals surface area (Å²) >= 11 is 0. The van der Waals surface area contributed by atoms with Gasteiger partial charge in [-0.3, -0.25) is 9.80 Å². The minimum absolute atomic E-state index is 0.0873. The number of rotatable bonds is 2. The van der Waals surface area contributed by atoms with E-state index in [0.29, 0.717) is 6.42 Å². The van der Waals surface area contributed by atoms with Gasteiger partial charge in [-0.15, -0.1) is 0 Å². The molecule has 2 unspecified atom stereocenters. The van der Waals surface area contributed by atoms with Gasteiger partial charge in [0.05, 0.1) is 6.04 Å². The number of hydrogen-bond donors (Lipinski definition) is 2. The van der Waals surface area contributed by atoms with Gasteiger partial charge in [-0.2, -0.15) is 0 Å². The Morgan fingerprint density at radius 3 is 2.70 bits per heavy atom. The van der Waals surface area contributed by atoms with E-state index in [1.54, 1.807) is 17.2 Å². The summed E-state index contributed by atoms with van der Waals surface area (Å²) in [6.07, 6.45) is 2.13. The van der Waals surface area contributed by atoms with Crippen molar-refractivity contribution in [3.05, 3.63) is 77.6 Å². The summed E-state index contributed by atoms with van der Waals surface area (Å²) in [5, 5.41) is 4.97. The van der Waals surface area contributed by atoms with Crippen LogP contribution in [0.25, 0.3) is 5.70 Å². The normalized spacial score (nSPS) is 23.3. The monoisotopic (exact) mass is 309 g/mol. The zero-order valence-corrected chi connectivity index (χ0v) is 12.4. The van der Waals surface area contributed by atoms with Crippen molar-refractivity contribution >= 4 is 11.6 Å². The SMILES string of the molecule is O=C1C=C(c2ccccc2)NC2CC(c3cccc(F)c3)NN12. The Balaban J connectivity index is 1.57. The van der Waals surface area contributed by atoms with E-state index in [2.05, 4.69) is 10.7 Å². The molecule has 4 nitrogen and oxygen atoms in total. The number of nitrogens with zero attached hydrogens (tertiary/aromatic N) is 1. The second-order valence-electron chi connectivity index (χ2n) is 5.76. The number of amides is 1. The van der Waals surface area contributed by atoms with Crippen LogP contribution in [-0.4, -0.2) is 17.1 Å². The maximum absolute atomic E-state index is 13.4. The molecule has 2 atom stereocenters. The van der Waals surface area contributed by atoms with Crippen molar-refractivity contribution < 1.29 is 9.18 Å². The van der Waals surface area contributed by atoms with Gasteiger partial charge in [0.1, 0.15) is 12.0 Å². The van der Waals surface area contributed by atoms with E-state index in [1.807, 2.05) is 36.4 Å². The van der Waals surface area contributed by atoms with Crippen molar-refractivity contribution in [2.75, 3.05) is 0 Å². The lowest BCUT2D eigenvalue weighted by Gasteiger charge is -2.30. The summed E-state index contributed by atoms with van der Waals surface area (Å²) in [4.78, 5) is 12.4. The lowest BCUT2D eigenvalue weighted by atomic mass is 10.0. The third kappa shape index (κ3) is 2.59. The highest BCUT2D eigenvalue weighted by Gasteiger charge is 2.38. The summed E-state index contributed by atoms with van der Waals surface area (Å²) in [5.74, 6) is -0.358. The Hall–Kier alpha value is -2.66. The molecule has 1 amide bonds. The highest BCUT2D eigenvalue weighted by atomic mass is 19.1. The van der Waals surface area contributed by atoms with Crippen LogP contribution in [-0.2, 0) is 4.79 Å². The number of hydrogen-bond acceptors (Lipinski definition) is 3. The molecule has 5 heteroatoms. The zero-order chi connectivity index (χ0) is 15.8. The van der Waals surface area contributed by atoms with Crippen LogP contribution in [0.5, 0.6) is 0 Å². The first-order chi connectivity index (χ1) is 11.2. The number of carbonyl (C=O) groups excluding carboxylic acids is 1. The zero-order valence-electron chi connectivity index (χ0n) is 12.4. The third-order valence-electron chi connectivity index (χ3n) is 4.23. The Morgan fingerprint density at radius 1 is 1.09 bits per heavy atom. The van der Waals surface area contributed by atoms with E-state index in [0.717, 1.165) is 16.8 Å². The van der Waals surface area contributed by atoms with Gasteiger partial charge >= 0.3 is 0 Å². The van der Waals surface area contributed by atoms with Gasteiger partial charge in [0.25, 0.3) is 5.91 Å². The van der Waals surface area contributed by atoms with Crippen molar-refractivity contribution in [3.8, 4) is 0 Å². The molecule has 0 radical (unpaired) electrons. The third-order valence-corrected chi connectivity index (χ3v) is 4.23. The van der Waals surface area contributed by atoms with Crippen molar-refractivity contribution in [2.24, 2.45) is 0 Å². The molecule has 0 spiro atoms. The van der Waals surface area contributed by atoms with Gasteiger partial charge < -0.3 is 5.32 Å².